The summed E-state index contributed by atoms with van der Waals surface area (Å²) >= 11 is 5.96. The lowest BCUT2D eigenvalue weighted by Gasteiger charge is -2.15. The first-order valence-electron chi connectivity index (χ1n) is 10.3. The number of rotatable bonds is 14. The van der Waals surface area contributed by atoms with Crippen LogP contribution >= 0.6 is 11.6 Å². The largest absolute Gasteiger partial charge is 0.372 e. The van der Waals surface area contributed by atoms with Crippen molar-refractivity contribution in [2.45, 2.75) is 70.9 Å². The van der Waals surface area contributed by atoms with Crippen LogP contribution < -0.4 is 0 Å². The van der Waals surface area contributed by atoms with E-state index in [9.17, 15) is 0 Å². The summed E-state index contributed by atoms with van der Waals surface area (Å²) < 4.78 is 8.20. The second-order valence-corrected chi connectivity index (χ2v) is 7.49. The smallest absolute Gasteiger partial charge is 0.0946 e. The Bertz CT molecular complexity index is 622. The fourth-order valence-electron chi connectivity index (χ4n) is 3.03. The van der Waals surface area contributed by atoms with Crippen molar-refractivity contribution in [1.29, 1.82) is 0 Å². The molecular formula is C23H33ClN2O. The van der Waals surface area contributed by atoms with Crippen LogP contribution in [0.3, 0.4) is 0 Å². The Hall–Kier alpha value is -1.58. The van der Waals surface area contributed by atoms with Crippen LogP contribution in [0.5, 0.6) is 0 Å². The Kier molecular flexibility index (Phi) is 10.9. The minimum absolute atomic E-state index is 0.0411. The summed E-state index contributed by atoms with van der Waals surface area (Å²) in [6.07, 6.45) is 20.4. The molecule has 0 spiro atoms. The molecule has 0 aliphatic carbocycles. The Morgan fingerprint density at radius 1 is 1.04 bits per heavy atom. The molecule has 0 aliphatic rings. The average Bonchev–Trinajstić information content (AvgIpc) is 3.19. The number of imidazole rings is 1. The maximum absolute atomic E-state index is 6.14. The number of nitrogens with zero attached hydrogens (tertiary/aromatic N) is 2. The maximum atomic E-state index is 6.14. The van der Waals surface area contributed by atoms with Crippen LogP contribution in [0.4, 0.5) is 0 Å². The van der Waals surface area contributed by atoms with Crippen LogP contribution in [0.15, 0.2) is 49.1 Å². The van der Waals surface area contributed by atoms with Gasteiger partial charge in [0, 0.05) is 24.0 Å². The lowest BCUT2D eigenvalue weighted by atomic mass is 10.1. The topological polar surface area (TPSA) is 27.1 Å². The summed E-state index contributed by atoms with van der Waals surface area (Å²) in [6, 6.07) is 7.86. The molecular weight excluding hydrogens is 356 g/mol. The molecule has 0 saturated carbocycles. The second-order valence-electron chi connectivity index (χ2n) is 7.05. The van der Waals surface area contributed by atoms with Gasteiger partial charge < -0.3 is 9.30 Å². The van der Waals surface area contributed by atoms with E-state index >= 15 is 0 Å². The monoisotopic (exact) mass is 388 g/mol. The van der Waals surface area contributed by atoms with Crippen LogP contribution in [-0.4, -0.2) is 22.3 Å². The van der Waals surface area contributed by atoms with E-state index in [4.69, 9.17) is 16.3 Å². The van der Waals surface area contributed by atoms with E-state index < -0.39 is 0 Å². The highest BCUT2D eigenvalue weighted by Gasteiger charge is 2.06. The summed E-state index contributed by atoms with van der Waals surface area (Å²) in [4.78, 5) is 4.12. The predicted molar refractivity (Wildman–Crippen MR) is 115 cm³/mol. The number of ether oxygens (including phenoxy) is 1. The Balaban J connectivity index is 1.72. The quantitative estimate of drug-likeness (QED) is 0.333. The predicted octanol–water partition coefficient (Wildman–Crippen LogP) is 6.78. The highest BCUT2D eigenvalue weighted by molar-refractivity contribution is 6.30. The summed E-state index contributed by atoms with van der Waals surface area (Å²) in [5, 5.41) is 0.757. The van der Waals surface area contributed by atoms with E-state index in [-0.39, 0.29) is 6.10 Å². The first-order valence-corrected chi connectivity index (χ1v) is 10.7. The second kappa shape index (κ2) is 13.6. The molecule has 1 unspecified atom stereocenters. The zero-order chi connectivity index (χ0) is 19.2. The van der Waals surface area contributed by atoms with Gasteiger partial charge >= 0.3 is 0 Å². The number of aromatic nitrogens is 2. The molecule has 2 rings (SSSR count). The Morgan fingerprint density at radius 2 is 1.74 bits per heavy atom. The molecule has 0 bridgehead atoms. The molecule has 0 aliphatic heterocycles. The zero-order valence-corrected chi connectivity index (χ0v) is 17.3. The molecule has 3 nitrogen and oxygen atoms in total. The van der Waals surface area contributed by atoms with Crippen LogP contribution in [0.2, 0.25) is 5.02 Å². The lowest BCUT2D eigenvalue weighted by molar-refractivity contribution is 0.0710. The van der Waals surface area contributed by atoms with E-state index in [1.807, 2.05) is 36.8 Å². The average molecular weight is 389 g/mol. The third-order valence-corrected chi connectivity index (χ3v) is 4.91. The van der Waals surface area contributed by atoms with E-state index in [0.717, 1.165) is 30.2 Å². The molecule has 0 amide bonds. The molecule has 148 valence electrons. The molecule has 1 aromatic carbocycles. The van der Waals surface area contributed by atoms with Crippen LogP contribution in [0.25, 0.3) is 6.08 Å². The summed E-state index contributed by atoms with van der Waals surface area (Å²) in [5.41, 5.74) is 1.13. The minimum atomic E-state index is 0.0411. The fourth-order valence-corrected chi connectivity index (χ4v) is 3.16. The van der Waals surface area contributed by atoms with Gasteiger partial charge in [-0.15, -0.1) is 0 Å². The molecule has 27 heavy (non-hydrogen) atoms. The van der Waals surface area contributed by atoms with Gasteiger partial charge in [0.2, 0.25) is 0 Å². The van der Waals surface area contributed by atoms with Crippen LogP contribution in [-0.2, 0) is 11.3 Å². The number of halogens is 1. The summed E-state index contributed by atoms with van der Waals surface area (Å²) in [6.45, 7) is 3.85. The SMILES string of the molecule is CCCCCCCCCCOC(C=Cc1ccc(Cl)cc1)Cn1ccnc1. The molecule has 0 saturated heterocycles. The third kappa shape index (κ3) is 9.78. The number of unbranched alkanes of at least 4 members (excludes halogenated alkanes) is 7. The molecule has 4 heteroatoms. The molecule has 1 atom stereocenters. The van der Waals surface area contributed by atoms with Crippen molar-refractivity contribution in [3.63, 3.8) is 0 Å². The Labute approximate surface area is 169 Å². The van der Waals surface area contributed by atoms with Crippen molar-refractivity contribution in [2.24, 2.45) is 0 Å². The van der Waals surface area contributed by atoms with Gasteiger partial charge in [-0.2, -0.15) is 0 Å². The van der Waals surface area contributed by atoms with Gasteiger partial charge in [-0.05, 0) is 24.1 Å². The summed E-state index contributed by atoms with van der Waals surface area (Å²) in [5.74, 6) is 0. The van der Waals surface area contributed by atoms with Crippen molar-refractivity contribution >= 4 is 17.7 Å². The lowest BCUT2D eigenvalue weighted by Crippen LogP contribution is -2.17. The van der Waals surface area contributed by atoms with Crippen molar-refractivity contribution in [3.05, 3.63) is 59.6 Å². The van der Waals surface area contributed by atoms with Gasteiger partial charge in [-0.3, -0.25) is 0 Å². The molecule has 1 aromatic heterocycles. The Morgan fingerprint density at radius 3 is 2.41 bits per heavy atom. The van der Waals surface area contributed by atoms with E-state index in [2.05, 4.69) is 28.6 Å². The van der Waals surface area contributed by atoms with E-state index in [1.54, 1.807) is 6.20 Å². The molecule has 0 fully saturated rings. The standard InChI is InChI=1S/C23H33ClN2O/c1-2-3-4-5-6-7-8-9-18-27-23(19-26-17-16-25-20-26)15-12-21-10-13-22(24)14-11-21/h10-17,20,23H,2-9,18-19H2,1H3. The van der Waals surface area contributed by atoms with Crippen LogP contribution in [0, 0.1) is 0 Å². The minimum Gasteiger partial charge on any atom is -0.372 e. The van der Waals surface area contributed by atoms with Crippen molar-refractivity contribution in [3.8, 4) is 0 Å². The van der Waals surface area contributed by atoms with Crippen LogP contribution in [0.1, 0.15) is 63.9 Å². The molecule has 1 heterocycles. The number of benzene rings is 1. The molecule has 0 N–H and O–H groups in total. The number of hydrogen-bond acceptors (Lipinski definition) is 2. The zero-order valence-electron chi connectivity index (χ0n) is 16.5. The third-order valence-electron chi connectivity index (χ3n) is 4.65. The van der Waals surface area contributed by atoms with Crippen molar-refractivity contribution in [1.82, 2.24) is 9.55 Å². The van der Waals surface area contributed by atoms with E-state index in [0.29, 0.717) is 0 Å². The highest BCUT2D eigenvalue weighted by Crippen LogP contribution is 2.13. The van der Waals surface area contributed by atoms with Gasteiger partial charge in [0.15, 0.2) is 0 Å². The van der Waals surface area contributed by atoms with Gasteiger partial charge in [0.05, 0.1) is 19.0 Å². The van der Waals surface area contributed by atoms with E-state index in [1.165, 1.54) is 44.9 Å². The highest BCUT2D eigenvalue weighted by atomic mass is 35.5. The first-order chi connectivity index (χ1) is 13.3. The maximum Gasteiger partial charge on any atom is 0.0946 e. The van der Waals surface area contributed by atoms with Crippen molar-refractivity contribution < 1.29 is 4.74 Å². The van der Waals surface area contributed by atoms with Gasteiger partial charge in [-0.25, -0.2) is 4.98 Å². The summed E-state index contributed by atoms with van der Waals surface area (Å²) in [7, 11) is 0. The first kappa shape index (κ1) is 21.7. The van der Waals surface area contributed by atoms with Gasteiger partial charge in [0.25, 0.3) is 0 Å². The normalized spacial score (nSPS) is 12.7. The van der Waals surface area contributed by atoms with Crippen molar-refractivity contribution in [2.75, 3.05) is 6.61 Å². The molecule has 0 radical (unpaired) electrons. The van der Waals surface area contributed by atoms with Gasteiger partial charge in [0.1, 0.15) is 0 Å². The molecule has 2 aromatic rings. The number of hydrogen-bond donors (Lipinski definition) is 0. The fraction of sp³-hybridized carbons (Fsp3) is 0.522. The van der Waals surface area contributed by atoms with Gasteiger partial charge in [-0.1, -0.05) is 87.8 Å².